The van der Waals surface area contributed by atoms with Crippen molar-refractivity contribution in [3.8, 4) is 0 Å². The van der Waals surface area contributed by atoms with Gasteiger partial charge in [-0.1, -0.05) is 134 Å². The minimum Gasteiger partial charge on any atom is -0.396 e. The van der Waals surface area contributed by atoms with Gasteiger partial charge in [-0.25, -0.2) is 44.3 Å². The maximum absolute atomic E-state index is 14.4. The van der Waals surface area contributed by atoms with Gasteiger partial charge in [0.1, 0.15) is 54.8 Å². The maximum Gasteiger partial charge on any atom is 0.401 e. The Balaban J connectivity index is 0.000000125. The molecule has 142 heavy (non-hydrogen) atoms. The van der Waals surface area contributed by atoms with Crippen LogP contribution in [0.4, 0.5) is 40.8 Å². The van der Waals surface area contributed by atoms with Crippen molar-refractivity contribution in [1.82, 2.24) is 79.5 Å². The van der Waals surface area contributed by atoms with Crippen molar-refractivity contribution in [2.45, 2.75) is 251 Å². The van der Waals surface area contributed by atoms with Crippen LogP contribution in [0.15, 0.2) is 139 Å². The van der Waals surface area contributed by atoms with Gasteiger partial charge in [0.15, 0.2) is 0 Å². The predicted octanol–water partition coefficient (Wildman–Crippen LogP) is 16.2. The molecule has 16 atom stereocenters. The Bertz CT molecular complexity index is 5700. The number of fused-ring (bicyclic) bond motifs is 4. The number of alkyl halides is 4. The number of likely N-dealkylation sites (tertiary alicyclic amines) is 3. The molecule has 5 N–H and O–H groups in total. The molecule has 27 nitrogen and oxygen atoms in total. The zero-order valence-electron chi connectivity index (χ0n) is 82.9. The van der Waals surface area contributed by atoms with Gasteiger partial charge < -0.3 is 69.8 Å². The molecule has 13 aliphatic rings. The van der Waals surface area contributed by atoms with E-state index in [0.717, 1.165) is 169 Å². The van der Waals surface area contributed by atoms with Crippen LogP contribution in [-0.2, 0) is 14.4 Å². The second kappa shape index (κ2) is 44.6. The average molecular weight is 2060 g/mol. The molecule has 0 bridgehead atoms. The van der Waals surface area contributed by atoms with Gasteiger partial charge in [-0.2, -0.15) is 13.2 Å². The van der Waals surface area contributed by atoms with Crippen molar-refractivity contribution in [2.75, 3.05) is 171 Å². The van der Waals surface area contributed by atoms with Crippen molar-refractivity contribution in [1.29, 1.82) is 0 Å². The molecular formula is C108H139BrCl2F4N20O7. The first-order valence-electron chi connectivity index (χ1n) is 51.7. The van der Waals surface area contributed by atoms with Crippen molar-refractivity contribution in [3.05, 3.63) is 222 Å². The number of nitrogens with zero attached hydrogens (tertiary/aromatic N) is 19. The van der Waals surface area contributed by atoms with Crippen molar-refractivity contribution >= 4 is 80.1 Å². The summed E-state index contributed by atoms with van der Waals surface area (Å²) in [5, 5.41) is 45.5. The number of halogens is 7. The van der Waals surface area contributed by atoms with Gasteiger partial charge in [0.05, 0.1) is 65.4 Å². The number of likely N-dealkylation sites (N-methyl/N-ethyl adjacent to an activating group) is 1. The molecule has 4 aromatic heterocycles. The molecule has 1 saturated carbocycles. The molecule has 0 spiro atoms. The summed E-state index contributed by atoms with van der Waals surface area (Å²) in [4.78, 5) is 101. The Morgan fingerprint density at radius 2 is 0.810 bits per heavy atom. The number of benzene rings is 4. The topological polar surface area (TPSA) is 283 Å². The van der Waals surface area contributed by atoms with E-state index in [1.54, 1.807) is 41.8 Å². The molecule has 4 aromatic carbocycles. The number of hydrogen-bond acceptors (Lipinski definition) is 24. The quantitative estimate of drug-likeness (QED) is 0.0394. The summed E-state index contributed by atoms with van der Waals surface area (Å²) in [6, 6.07) is 32.5. The van der Waals surface area contributed by atoms with Gasteiger partial charge in [0.25, 0.3) is 0 Å². The Morgan fingerprint density at radius 3 is 1.20 bits per heavy atom. The number of carbonyl (C=O) groups excluding carboxylic acids is 3. The van der Waals surface area contributed by atoms with Crippen molar-refractivity contribution in [2.24, 2.45) is 0 Å². The minimum absolute atomic E-state index is 0.110. The molecule has 762 valence electrons. The van der Waals surface area contributed by atoms with Crippen LogP contribution >= 0.6 is 39.1 Å². The molecule has 12 heterocycles. The first kappa shape index (κ1) is 103. The van der Waals surface area contributed by atoms with Gasteiger partial charge in [-0.3, -0.25) is 24.2 Å². The van der Waals surface area contributed by atoms with Crippen LogP contribution in [0.3, 0.4) is 0 Å². The van der Waals surface area contributed by atoms with Crippen LogP contribution in [0.25, 0.3) is 0 Å². The lowest BCUT2D eigenvalue weighted by molar-refractivity contribution is -0.152. The summed E-state index contributed by atoms with van der Waals surface area (Å²) < 4.78 is 55.5. The highest BCUT2D eigenvalue weighted by Crippen LogP contribution is 2.51. The number of anilines is 4. The van der Waals surface area contributed by atoms with E-state index >= 15 is 0 Å². The molecule has 5 aliphatic carbocycles. The highest BCUT2D eigenvalue weighted by molar-refractivity contribution is 9.10. The third-order valence-corrected chi connectivity index (χ3v) is 33.6. The van der Waals surface area contributed by atoms with Gasteiger partial charge in [0.2, 0.25) is 17.7 Å². The first-order chi connectivity index (χ1) is 68.3. The van der Waals surface area contributed by atoms with Crippen LogP contribution < -0.4 is 24.9 Å². The van der Waals surface area contributed by atoms with Gasteiger partial charge in [-0.05, 0) is 231 Å². The number of aliphatic hydroxyl groups excluding tert-OH is 4. The lowest BCUT2D eigenvalue weighted by Crippen LogP contribution is -2.53. The number of aromatic nitrogens is 8. The van der Waals surface area contributed by atoms with Crippen LogP contribution in [0.5, 0.6) is 0 Å². The van der Waals surface area contributed by atoms with Crippen molar-refractivity contribution in [3.63, 3.8) is 0 Å². The lowest BCUT2D eigenvalue weighted by Gasteiger charge is -2.42. The Hall–Kier alpha value is -9.19. The van der Waals surface area contributed by atoms with Crippen LogP contribution in [0, 0.1) is 0 Å². The lowest BCUT2D eigenvalue weighted by atomic mass is 9.87. The number of aliphatic hydroxyl groups is 4. The summed E-state index contributed by atoms with van der Waals surface area (Å²) in [6.45, 7) is 30.8. The molecule has 3 amide bonds. The molecular weight excluding hydrogens is 1920 g/mol. The fourth-order valence-corrected chi connectivity index (χ4v) is 25.6. The molecule has 8 saturated heterocycles. The third-order valence-electron chi connectivity index (χ3n) is 32.5. The van der Waals surface area contributed by atoms with Gasteiger partial charge in [-0.15, -0.1) is 0 Å². The van der Waals surface area contributed by atoms with E-state index < -0.39 is 49.2 Å². The first-order valence-corrected chi connectivity index (χ1v) is 53.3. The summed E-state index contributed by atoms with van der Waals surface area (Å²) in [6.07, 6.45) is 12.7. The number of rotatable bonds is 22. The van der Waals surface area contributed by atoms with E-state index in [4.69, 9.17) is 23.2 Å². The van der Waals surface area contributed by atoms with Gasteiger partial charge in [0, 0.05) is 196 Å². The van der Waals surface area contributed by atoms with Crippen LogP contribution in [0.2, 0.25) is 10.0 Å². The van der Waals surface area contributed by atoms with E-state index in [1.165, 1.54) is 53.6 Å². The molecule has 8 aliphatic heterocycles. The maximum atomic E-state index is 14.4. The second-order valence-electron chi connectivity index (χ2n) is 42.4. The Kier molecular flexibility index (Phi) is 32.3. The van der Waals surface area contributed by atoms with Crippen LogP contribution in [0.1, 0.15) is 288 Å². The molecule has 34 heteroatoms. The highest BCUT2D eigenvalue weighted by Gasteiger charge is 2.49. The van der Waals surface area contributed by atoms with E-state index in [-0.39, 0.29) is 83.4 Å². The normalized spacial score (nSPS) is 26.4. The number of nitrogens with one attached hydrogen (secondary N) is 1. The number of piperazine rings is 4. The second-order valence-corrected chi connectivity index (χ2v) is 44.2. The Labute approximate surface area is 850 Å². The average Bonchev–Trinajstić information content (AvgIpc) is 1.57. The summed E-state index contributed by atoms with van der Waals surface area (Å²) >= 11 is 15.8. The van der Waals surface area contributed by atoms with Crippen LogP contribution in [-0.4, -0.2) is 299 Å². The van der Waals surface area contributed by atoms with E-state index in [2.05, 4.69) is 197 Å². The predicted molar refractivity (Wildman–Crippen MR) is 548 cm³/mol. The van der Waals surface area contributed by atoms with E-state index in [9.17, 15) is 52.4 Å². The fourth-order valence-electron chi connectivity index (χ4n) is 25.0. The van der Waals surface area contributed by atoms with E-state index in [1.807, 2.05) is 36.1 Å². The highest BCUT2D eigenvalue weighted by atomic mass is 79.9. The smallest absolute Gasteiger partial charge is 0.396 e. The summed E-state index contributed by atoms with van der Waals surface area (Å²) in [5.41, 5.74) is 13.8. The molecule has 9 fully saturated rings. The molecule has 21 rings (SSSR count). The zero-order chi connectivity index (χ0) is 99.7. The molecule has 8 aromatic rings. The molecule has 0 radical (unpaired) electrons. The fraction of sp³-hybridized carbons (Fsp3) is 0.583. The van der Waals surface area contributed by atoms with Crippen molar-refractivity contribution < 1.29 is 52.4 Å². The summed E-state index contributed by atoms with van der Waals surface area (Å²) in [5.74, 6) is 4.48. The summed E-state index contributed by atoms with van der Waals surface area (Å²) in [7, 11) is 2.17. The largest absolute Gasteiger partial charge is 0.401 e. The monoisotopic (exact) mass is 2050 g/mol. The molecule has 0 unspecified atom stereocenters. The number of hydrogen-bond donors (Lipinski definition) is 5. The number of carbonyl (C=O) groups is 3. The zero-order valence-corrected chi connectivity index (χ0v) is 86.0. The van der Waals surface area contributed by atoms with E-state index in [0.29, 0.717) is 150 Å². The third kappa shape index (κ3) is 22.7. The standard InChI is InChI=1S/C28H37N5O2.C27H35BrFN5.C27H36ClN5O3.C26H31ClF3N5O2/c1-18-16-23(34)26-24(18)27(30-17-29-26)32-12-14-33(15-13-32)28(35)25(22-4-3-11-31(22)2)21-9-7-20(8-10-21)19-5-6-19;1-17-15-21(29)25-23(17)26(31-16-30-25)34-13-11-33(12-14-34)18(2)24(19-5-7-20(28)8-6-19)22-9-10-27(3,4)32-22;1-18-16-22(35)25-23(18)26(30-17-29-25)32-11-13-33(14-12-32)27(36)24(19-5-7-20(28)8-6-19)21-4-2-9-31(21)10-3-15-34;1-16-13-20(36)23-21(16)24(32-15-31-23)33-9-11-34(12-10-33)25(37)22(17-4-6-18(27)7-5-17)19-3-2-8-35(19)14-26(28,29)30/h7-10,17-19,22-23,25,34H,3-6,11-16H2,1-2H3;5-8,16-17,21-22,24,32H,2,9-15H2,1,3-4H3;5-8,17-18,21-22,24,34-35H,2-4,9-16H2,1H3;4-7,15-16,19-20,22,36H,2-3,8-14H2,1H3/t18-,22+,23-,25+;17-,21+,22+,24+;18-,21+,22-,24+;16-,19+,20-,22+/m1111/s1. The van der Waals surface area contributed by atoms with Gasteiger partial charge >= 0.3 is 6.18 Å². The minimum atomic E-state index is -4.33. The SMILES string of the molecule is C=C([C@@H](c1ccc(Br)cc1)[C@@H]1CCC(C)(C)N1)N1CCN(c2ncnc3c2[C@H](C)C[C@@H]3F)CC1.C[C@@H]1C[C@@H](O)c2ncnc(N3CCN(C(=O)[C@@H](c4ccc(C5CC5)cc4)[C@@H]4CCCN4C)CC3)c21.C[C@@H]1C[C@@H](O)c2ncnc(N3CCN(C(=O)[C@@H](c4ccc(Cl)cc4)[C@@H]4CCCN4CC(F)(F)F)CC3)c21.C[C@@H]1C[C@@H](O)c2ncnc(N3CCN(C(=O)[C@@H](c4ccc(Cl)cc4)[C@@H]4CCCN4CCCO)CC3)c21. The Morgan fingerprint density at radius 1 is 0.458 bits per heavy atom. The number of amides is 3.